The third-order valence-corrected chi connectivity index (χ3v) is 3.76. The van der Waals surface area contributed by atoms with E-state index in [1.54, 1.807) is 11.1 Å². The van der Waals surface area contributed by atoms with Crippen LogP contribution in [0.5, 0.6) is 0 Å². The molecular weight excluding hydrogens is 271 g/mol. The molecule has 0 saturated carbocycles. The van der Waals surface area contributed by atoms with E-state index in [-0.39, 0.29) is 0 Å². The van der Waals surface area contributed by atoms with E-state index in [1.165, 1.54) is 32.1 Å². The van der Waals surface area contributed by atoms with Crippen LogP contribution in [-0.4, -0.2) is 3.92 Å². The molecule has 1 unspecified atom stereocenters. The van der Waals surface area contributed by atoms with Crippen molar-refractivity contribution in [3.63, 3.8) is 0 Å². The fourth-order valence-electron chi connectivity index (χ4n) is 1.85. The van der Waals surface area contributed by atoms with E-state index in [1.807, 2.05) is 0 Å². The molecule has 74 valence electrons. The molecule has 1 aliphatic rings. The van der Waals surface area contributed by atoms with Crippen LogP contribution in [-0.2, 0) is 0 Å². The fraction of sp³-hybridized carbons (Fsp3) is 0.667. The first-order valence-electron chi connectivity index (χ1n) is 5.26. The molecule has 0 N–H and O–H groups in total. The highest BCUT2D eigenvalue weighted by molar-refractivity contribution is 14.1. The predicted molar refractivity (Wildman–Crippen MR) is 68.4 cm³/mol. The van der Waals surface area contributed by atoms with Gasteiger partial charge in [0.25, 0.3) is 0 Å². The highest BCUT2D eigenvalue weighted by Gasteiger charge is 2.12. The van der Waals surface area contributed by atoms with Crippen LogP contribution < -0.4 is 0 Å². The topological polar surface area (TPSA) is 0 Å². The molecule has 0 aromatic carbocycles. The lowest BCUT2D eigenvalue weighted by Crippen LogP contribution is -2.05. The van der Waals surface area contributed by atoms with Gasteiger partial charge in [-0.1, -0.05) is 48.1 Å². The second kappa shape index (κ2) is 5.84. The number of rotatable bonds is 3. The standard InChI is InChI=1S/C12H19I/c1-3-5-10(4-2)11-6-8-12(13)9-7-11/h4,6,12H,3,5,7-9H2,1-2H3/b10-4+. The second-order valence-electron chi connectivity index (χ2n) is 3.66. The molecule has 1 atom stereocenters. The smallest absolute Gasteiger partial charge is 0.0147 e. The van der Waals surface area contributed by atoms with E-state index in [2.05, 4.69) is 48.6 Å². The number of halogens is 1. The predicted octanol–water partition coefficient (Wildman–Crippen LogP) is 4.65. The molecule has 1 aliphatic carbocycles. The van der Waals surface area contributed by atoms with Crippen LogP contribution in [0.15, 0.2) is 23.3 Å². The third-order valence-electron chi connectivity index (χ3n) is 2.63. The van der Waals surface area contributed by atoms with Crippen molar-refractivity contribution < 1.29 is 0 Å². The summed E-state index contributed by atoms with van der Waals surface area (Å²) in [6, 6.07) is 0. The minimum absolute atomic E-state index is 0.876. The molecule has 0 fully saturated rings. The van der Waals surface area contributed by atoms with Crippen molar-refractivity contribution in [1.29, 1.82) is 0 Å². The van der Waals surface area contributed by atoms with Crippen molar-refractivity contribution in [3.05, 3.63) is 23.3 Å². The van der Waals surface area contributed by atoms with Gasteiger partial charge >= 0.3 is 0 Å². The molecule has 0 nitrogen and oxygen atoms in total. The summed E-state index contributed by atoms with van der Waals surface area (Å²) < 4.78 is 0.876. The van der Waals surface area contributed by atoms with Crippen LogP contribution in [0.25, 0.3) is 0 Å². The van der Waals surface area contributed by atoms with E-state index in [9.17, 15) is 0 Å². The van der Waals surface area contributed by atoms with E-state index in [0.717, 1.165) is 3.92 Å². The summed E-state index contributed by atoms with van der Waals surface area (Å²) >= 11 is 2.56. The minimum Gasteiger partial charge on any atom is -0.0842 e. The van der Waals surface area contributed by atoms with E-state index in [4.69, 9.17) is 0 Å². The van der Waals surface area contributed by atoms with Crippen LogP contribution in [0.4, 0.5) is 0 Å². The third kappa shape index (κ3) is 3.45. The van der Waals surface area contributed by atoms with Gasteiger partial charge in [0.1, 0.15) is 0 Å². The second-order valence-corrected chi connectivity index (χ2v) is 5.43. The highest BCUT2D eigenvalue weighted by atomic mass is 127. The van der Waals surface area contributed by atoms with Gasteiger partial charge in [0, 0.05) is 3.92 Å². The Labute approximate surface area is 95.6 Å². The van der Waals surface area contributed by atoms with E-state index >= 15 is 0 Å². The summed E-state index contributed by atoms with van der Waals surface area (Å²) in [5, 5.41) is 0. The maximum Gasteiger partial charge on any atom is 0.0147 e. The van der Waals surface area contributed by atoms with Gasteiger partial charge in [0.15, 0.2) is 0 Å². The molecule has 0 aromatic heterocycles. The molecule has 0 spiro atoms. The lowest BCUT2D eigenvalue weighted by molar-refractivity contribution is 0.731. The molecule has 0 bridgehead atoms. The van der Waals surface area contributed by atoms with Crippen LogP contribution in [0, 0.1) is 0 Å². The lowest BCUT2D eigenvalue weighted by Gasteiger charge is -2.19. The summed E-state index contributed by atoms with van der Waals surface area (Å²) in [5.74, 6) is 0. The average molecular weight is 290 g/mol. The average Bonchev–Trinajstić information content (AvgIpc) is 2.16. The van der Waals surface area contributed by atoms with Gasteiger partial charge < -0.3 is 0 Å². The molecule has 0 saturated heterocycles. The molecular formula is C12H19I. The van der Waals surface area contributed by atoms with Crippen LogP contribution in [0.1, 0.15) is 46.0 Å². The summed E-state index contributed by atoms with van der Waals surface area (Å²) in [7, 11) is 0. The van der Waals surface area contributed by atoms with Crippen molar-refractivity contribution in [3.8, 4) is 0 Å². The van der Waals surface area contributed by atoms with E-state index in [0.29, 0.717) is 0 Å². The highest BCUT2D eigenvalue weighted by Crippen LogP contribution is 2.29. The van der Waals surface area contributed by atoms with Crippen molar-refractivity contribution in [1.82, 2.24) is 0 Å². The molecule has 0 aromatic rings. The minimum atomic E-state index is 0.876. The first-order chi connectivity index (χ1) is 6.27. The SMILES string of the molecule is C/C=C(\CCC)C1=CCC(I)CC1. The molecule has 0 radical (unpaired) electrons. The van der Waals surface area contributed by atoms with Crippen LogP contribution in [0.3, 0.4) is 0 Å². The molecule has 0 heterocycles. The zero-order valence-electron chi connectivity index (χ0n) is 8.65. The maximum absolute atomic E-state index is 2.56. The summed E-state index contributed by atoms with van der Waals surface area (Å²) in [4.78, 5) is 0. The van der Waals surface area contributed by atoms with Gasteiger partial charge in [-0.25, -0.2) is 0 Å². The van der Waals surface area contributed by atoms with Crippen molar-refractivity contribution in [2.24, 2.45) is 0 Å². The van der Waals surface area contributed by atoms with Crippen LogP contribution >= 0.6 is 22.6 Å². The van der Waals surface area contributed by atoms with Gasteiger partial charge in [-0.3, -0.25) is 0 Å². The Bertz CT molecular complexity index is 213. The quantitative estimate of drug-likeness (QED) is 0.524. The van der Waals surface area contributed by atoms with Gasteiger partial charge in [0.2, 0.25) is 0 Å². The van der Waals surface area contributed by atoms with Gasteiger partial charge in [-0.2, -0.15) is 0 Å². The van der Waals surface area contributed by atoms with E-state index < -0.39 is 0 Å². The van der Waals surface area contributed by atoms with Crippen molar-refractivity contribution in [2.75, 3.05) is 0 Å². The van der Waals surface area contributed by atoms with Crippen molar-refractivity contribution >= 4 is 22.6 Å². The molecule has 1 rings (SSSR count). The Balaban J connectivity index is 2.60. The zero-order valence-corrected chi connectivity index (χ0v) is 10.8. The number of alkyl halides is 1. The Morgan fingerprint density at radius 2 is 2.46 bits per heavy atom. The Kier molecular flexibility index (Phi) is 5.07. The normalized spacial score (nSPS) is 24.4. The fourth-order valence-corrected chi connectivity index (χ4v) is 2.42. The Hall–Kier alpha value is 0.210. The molecule has 13 heavy (non-hydrogen) atoms. The van der Waals surface area contributed by atoms with Crippen molar-refractivity contribution in [2.45, 2.75) is 49.9 Å². The summed E-state index contributed by atoms with van der Waals surface area (Å²) in [5.41, 5.74) is 3.21. The number of allylic oxidation sites excluding steroid dienone is 4. The first-order valence-corrected chi connectivity index (χ1v) is 6.51. The van der Waals surface area contributed by atoms with Gasteiger partial charge in [0.05, 0.1) is 0 Å². The summed E-state index contributed by atoms with van der Waals surface area (Å²) in [6.07, 6.45) is 11.2. The maximum atomic E-state index is 2.56. The van der Waals surface area contributed by atoms with Gasteiger partial charge in [-0.05, 0) is 43.8 Å². The Morgan fingerprint density at radius 1 is 1.69 bits per heavy atom. The van der Waals surface area contributed by atoms with Crippen LogP contribution in [0.2, 0.25) is 0 Å². The molecule has 0 amide bonds. The van der Waals surface area contributed by atoms with Gasteiger partial charge in [-0.15, -0.1) is 0 Å². The number of hydrogen-bond donors (Lipinski definition) is 0. The summed E-state index contributed by atoms with van der Waals surface area (Å²) in [6.45, 7) is 4.43. The largest absolute Gasteiger partial charge is 0.0842 e. The lowest BCUT2D eigenvalue weighted by atomic mass is 9.91. The number of hydrogen-bond acceptors (Lipinski definition) is 0. The molecule has 0 aliphatic heterocycles. The first kappa shape index (κ1) is 11.3. The zero-order chi connectivity index (χ0) is 9.68. The molecule has 1 heteroatoms. The monoisotopic (exact) mass is 290 g/mol. The Morgan fingerprint density at radius 3 is 2.92 bits per heavy atom.